The van der Waals surface area contributed by atoms with Gasteiger partial charge in [-0.05, 0) is 19.9 Å². The van der Waals surface area contributed by atoms with Gasteiger partial charge in [0.2, 0.25) is 0 Å². The highest BCUT2D eigenvalue weighted by atomic mass is 32.1. The molecule has 3 N–H and O–H groups in total. The number of hydrazine groups is 1. The van der Waals surface area contributed by atoms with Crippen LogP contribution in [-0.2, 0) is 6.42 Å². The molecule has 0 aliphatic rings. The molecule has 0 aromatic carbocycles. The van der Waals surface area contributed by atoms with Crippen LogP contribution in [0.1, 0.15) is 21.4 Å². The molecule has 0 spiro atoms. The van der Waals surface area contributed by atoms with Crippen molar-refractivity contribution < 1.29 is 0 Å². The first kappa shape index (κ1) is 12.5. The molecule has 0 aliphatic carbocycles. The maximum Gasteiger partial charge on any atom is 0.152 e. The summed E-state index contributed by atoms with van der Waals surface area (Å²) in [5.41, 5.74) is 3.69. The van der Waals surface area contributed by atoms with E-state index in [4.69, 9.17) is 5.84 Å². The fourth-order valence-electron chi connectivity index (χ4n) is 1.89. The molecule has 98 valence electrons. The van der Waals surface area contributed by atoms with Gasteiger partial charge in [-0.25, -0.2) is 20.8 Å². The minimum Gasteiger partial charge on any atom is -0.308 e. The van der Waals surface area contributed by atoms with Gasteiger partial charge in [-0.2, -0.15) is 0 Å². The molecule has 0 unspecified atom stereocenters. The normalized spacial score (nSPS) is 11.1. The van der Waals surface area contributed by atoms with Crippen LogP contribution in [0.2, 0.25) is 0 Å². The molecule has 0 radical (unpaired) electrons. The van der Waals surface area contributed by atoms with E-state index in [1.807, 2.05) is 18.4 Å². The van der Waals surface area contributed by atoms with Crippen molar-refractivity contribution in [3.8, 4) is 0 Å². The van der Waals surface area contributed by atoms with Gasteiger partial charge in [0.1, 0.15) is 15.7 Å². The Balaban J connectivity index is 2.03. The van der Waals surface area contributed by atoms with Crippen LogP contribution < -0.4 is 11.3 Å². The van der Waals surface area contributed by atoms with Crippen LogP contribution >= 0.6 is 22.7 Å². The molecule has 3 rings (SSSR count). The Morgan fingerprint density at radius 2 is 2.11 bits per heavy atom. The third-order valence-electron chi connectivity index (χ3n) is 2.67. The van der Waals surface area contributed by atoms with Crippen molar-refractivity contribution in [3.05, 3.63) is 32.8 Å². The molecular weight excluding hydrogens is 278 g/mol. The zero-order valence-electron chi connectivity index (χ0n) is 10.6. The van der Waals surface area contributed by atoms with E-state index in [2.05, 4.69) is 27.3 Å². The molecule has 0 bridgehead atoms. The lowest BCUT2D eigenvalue weighted by Gasteiger charge is -2.03. The monoisotopic (exact) mass is 291 g/mol. The second kappa shape index (κ2) is 4.84. The first-order valence-electron chi connectivity index (χ1n) is 5.80. The van der Waals surface area contributed by atoms with Gasteiger partial charge in [0.25, 0.3) is 0 Å². The third-order valence-corrected chi connectivity index (χ3v) is 4.59. The number of thiophene rings is 1. The van der Waals surface area contributed by atoms with E-state index >= 15 is 0 Å². The number of nitrogens with two attached hydrogens (primary N) is 1. The summed E-state index contributed by atoms with van der Waals surface area (Å²) in [6, 6.07) is 2.05. The van der Waals surface area contributed by atoms with E-state index in [0.717, 1.165) is 26.7 Å². The van der Waals surface area contributed by atoms with Crippen LogP contribution in [-0.4, -0.2) is 15.0 Å². The van der Waals surface area contributed by atoms with Crippen LogP contribution in [0.25, 0.3) is 10.2 Å². The van der Waals surface area contributed by atoms with E-state index in [1.165, 1.54) is 4.88 Å². The lowest BCUT2D eigenvalue weighted by molar-refractivity contribution is 0.973. The summed E-state index contributed by atoms with van der Waals surface area (Å²) < 4.78 is 0. The van der Waals surface area contributed by atoms with Crippen LogP contribution in [0, 0.1) is 13.8 Å². The molecule has 0 amide bonds. The third kappa shape index (κ3) is 2.44. The zero-order valence-corrected chi connectivity index (χ0v) is 12.2. The average molecular weight is 291 g/mol. The summed E-state index contributed by atoms with van der Waals surface area (Å²) >= 11 is 3.28. The summed E-state index contributed by atoms with van der Waals surface area (Å²) in [6.07, 6.45) is 0.639. The molecule has 5 nitrogen and oxygen atoms in total. The highest BCUT2D eigenvalue weighted by Crippen LogP contribution is 2.28. The van der Waals surface area contributed by atoms with Gasteiger partial charge >= 0.3 is 0 Å². The number of nitrogen functional groups attached to an aromatic ring is 1. The maximum atomic E-state index is 5.54. The van der Waals surface area contributed by atoms with Crippen LogP contribution in [0.5, 0.6) is 0 Å². The van der Waals surface area contributed by atoms with E-state index < -0.39 is 0 Å². The Hall–Kier alpha value is -1.57. The van der Waals surface area contributed by atoms with Crippen LogP contribution in [0.15, 0.2) is 11.4 Å². The number of nitrogens with one attached hydrogen (secondary N) is 1. The van der Waals surface area contributed by atoms with Crippen molar-refractivity contribution in [1.29, 1.82) is 0 Å². The number of nitrogens with zero attached hydrogens (tertiary/aromatic N) is 3. The summed E-state index contributed by atoms with van der Waals surface area (Å²) in [6.45, 7) is 4.04. The van der Waals surface area contributed by atoms with Gasteiger partial charge in [-0.15, -0.1) is 22.7 Å². The van der Waals surface area contributed by atoms with Crippen molar-refractivity contribution in [2.75, 3.05) is 5.43 Å². The Kier molecular flexibility index (Phi) is 3.17. The summed E-state index contributed by atoms with van der Waals surface area (Å²) in [5.74, 6) is 6.97. The predicted octanol–water partition coefficient (Wildman–Crippen LogP) is 2.64. The van der Waals surface area contributed by atoms with Crippen molar-refractivity contribution >= 4 is 38.7 Å². The molecule has 3 aromatic rings. The highest BCUT2D eigenvalue weighted by molar-refractivity contribution is 7.18. The topological polar surface area (TPSA) is 76.7 Å². The number of aromatic nitrogens is 3. The van der Waals surface area contributed by atoms with Crippen LogP contribution in [0.3, 0.4) is 0 Å². The number of hydrogen-bond donors (Lipinski definition) is 2. The molecule has 19 heavy (non-hydrogen) atoms. The van der Waals surface area contributed by atoms with Gasteiger partial charge in [0, 0.05) is 16.0 Å². The second-order valence-electron chi connectivity index (χ2n) is 4.27. The molecule has 0 aliphatic heterocycles. The summed E-state index contributed by atoms with van der Waals surface area (Å²) in [7, 11) is 0. The number of anilines is 1. The van der Waals surface area contributed by atoms with Crippen molar-refractivity contribution in [2.45, 2.75) is 20.3 Å². The molecule has 3 aromatic heterocycles. The molecule has 0 saturated carbocycles. The smallest absolute Gasteiger partial charge is 0.152 e. The Bertz CT molecular complexity index is 731. The first-order chi connectivity index (χ1) is 9.15. The minimum absolute atomic E-state index is 0.639. The van der Waals surface area contributed by atoms with Crippen molar-refractivity contribution in [3.63, 3.8) is 0 Å². The molecular formula is C12H13N5S2. The second-order valence-corrected chi connectivity index (χ2v) is 6.45. The number of thiazole rings is 1. The first-order valence-corrected chi connectivity index (χ1v) is 7.50. The fourth-order valence-corrected chi connectivity index (χ4v) is 3.56. The lowest BCUT2D eigenvalue weighted by atomic mass is 10.3. The number of aryl methyl sites for hydroxylation is 2. The largest absolute Gasteiger partial charge is 0.308 e. The van der Waals surface area contributed by atoms with Gasteiger partial charge in [-0.3, -0.25) is 0 Å². The van der Waals surface area contributed by atoms with Gasteiger partial charge < -0.3 is 5.43 Å². The number of rotatable bonds is 3. The van der Waals surface area contributed by atoms with E-state index in [1.54, 1.807) is 22.7 Å². The lowest BCUT2D eigenvalue weighted by Crippen LogP contribution is -2.10. The van der Waals surface area contributed by atoms with E-state index in [0.29, 0.717) is 12.2 Å². The quantitative estimate of drug-likeness (QED) is 0.573. The molecule has 3 heterocycles. The van der Waals surface area contributed by atoms with Gasteiger partial charge in [0.15, 0.2) is 5.82 Å². The van der Waals surface area contributed by atoms with Crippen LogP contribution in [0.4, 0.5) is 5.82 Å². The Morgan fingerprint density at radius 1 is 1.26 bits per heavy atom. The van der Waals surface area contributed by atoms with E-state index in [9.17, 15) is 0 Å². The van der Waals surface area contributed by atoms with Gasteiger partial charge in [0.05, 0.1) is 11.8 Å². The molecule has 0 atom stereocenters. The SMILES string of the molecule is Cc1csc(Cc2nc(NN)c3cc(C)sc3n2)n1. The molecule has 0 fully saturated rings. The number of hydrogen-bond acceptors (Lipinski definition) is 7. The fraction of sp³-hybridized carbons (Fsp3) is 0.250. The highest BCUT2D eigenvalue weighted by Gasteiger charge is 2.11. The summed E-state index contributed by atoms with van der Waals surface area (Å²) in [5, 5.41) is 4.03. The van der Waals surface area contributed by atoms with Gasteiger partial charge in [-0.1, -0.05) is 0 Å². The standard InChI is InChI=1S/C12H13N5S2/c1-6-5-18-10(14-6)4-9-15-11(17-13)8-3-7(2)19-12(8)16-9/h3,5H,4,13H2,1-2H3,(H,15,16,17). The van der Waals surface area contributed by atoms with Crippen molar-refractivity contribution in [2.24, 2.45) is 5.84 Å². The summed E-state index contributed by atoms with van der Waals surface area (Å²) in [4.78, 5) is 15.6. The number of fused-ring (bicyclic) bond motifs is 1. The zero-order chi connectivity index (χ0) is 13.4. The average Bonchev–Trinajstić information content (AvgIpc) is 2.93. The van der Waals surface area contributed by atoms with Crippen molar-refractivity contribution in [1.82, 2.24) is 15.0 Å². The Labute approximate surface area is 118 Å². The molecule has 7 heteroatoms. The molecule has 0 saturated heterocycles. The minimum atomic E-state index is 0.639. The van der Waals surface area contributed by atoms with E-state index in [-0.39, 0.29) is 0 Å². The maximum absolute atomic E-state index is 5.54. The Morgan fingerprint density at radius 3 is 2.79 bits per heavy atom. The predicted molar refractivity (Wildman–Crippen MR) is 79.6 cm³/mol.